The minimum atomic E-state index is 0.341. The summed E-state index contributed by atoms with van der Waals surface area (Å²) in [5, 5.41) is 4.66. The molecule has 1 N–H and O–H groups in total. The Labute approximate surface area is 133 Å². The molecule has 2 fully saturated rings. The Morgan fingerprint density at radius 1 is 1.38 bits per heavy atom. The average Bonchev–Trinajstić information content (AvgIpc) is 2.98. The van der Waals surface area contributed by atoms with Crippen LogP contribution in [-0.2, 0) is 4.74 Å². The largest absolute Gasteiger partial charge is 0.378 e. The van der Waals surface area contributed by atoms with E-state index in [4.69, 9.17) is 16.3 Å². The number of halogens is 1. The van der Waals surface area contributed by atoms with Crippen LogP contribution in [0.1, 0.15) is 57.6 Å². The molecule has 3 rings (SSSR count). The van der Waals surface area contributed by atoms with E-state index in [2.05, 4.69) is 31.3 Å². The molecule has 116 valence electrons. The molecule has 0 radical (unpaired) electrons. The first-order valence-electron chi connectivity index (χ1n) is 8.29. The first-order chi connectivity index (χ1) is 10.2. The van der Waals surface area contributed by atoms with Crippen molar-refractivity contribution < 1.29 is 4.74 Å². The van der Waals surface area contributed by atoms with Gasteiger partial charge < -0.3 is 10.1 Å². The van der Waals surface area contributed by atoms with Crippen molar-refractivity contribution in [2.45, 2.75) is 64.1 Å². The molecule has 21 heavy (non-hydrogen) atoms. The summed E-state index contributed by atoms with van der Waals surface area (Å²) < 4.78 is 5.99. The highest BCUT2D eigenvalue weighted by Gasteiger charge is 2.56. The van der Waals surface area contributed by atoms with Gasteiger partial charge in [-0.1, -0.05) is 36.6 Å². The van der Waals surface area contributed by atoms with Gasteiger partial charge >= 0.3 is 0 Å². The second-order valence-electron chi connectivity index (χ2n) is 6.62. The lowest BCUT2D eigenvalue weighted by atomic mass is 9.60. The summed E-state index contributed by atoms with van der Waals surface area (Å²) in [4.78, 5) is 0. The molecule has 2 aliphatic rings. The molecular formula is C18H26ClNO. The van der Waals surface area contributed by atoms with Crippen LogP contribution < -0.4 is 5.32 Å². The number of nitrogens with one attached hydrogen (secondary N) is 1. The third-order valence-electron chi connectivity index (χ3n) is 5.49. The van der Waals surface area contributed by atoms with Crippen molar-refractivity contribution >= 4 is 11.6 Å². The van der Waals surface area contributed by atoms with E-state index in [-0.39, 0.29) is 0 Å². The lowest BCUT2D eigenvalue weighted by molar-refractivity contribution is -0.132. The molecule has 1 spiro atoms. The monoisotopic (exact) mass is 307 g/mol. The summed E-state index contributed by atoms with van der Waals surface area (Å²) in [6.45, 7) is 5.18. The summed E-state index contributed by atoms with van der Waals surface area (Å²) in [5.74, 6) is 0. The van der Waals surface area contributed by atoms with Gasteiger partial charge in [0.1, 0.15) is 0 Å². The van der Waals surface area contributed by atoms with Gasteiger partial charge in [0.15, 0.2) is 0 Å². The van der Waals surface area contributed by atoms with E-state index in [1.54, 1.807) is 0 Å². The lowest BCUT2D eigenvalue weighted by Gasteiger charge is -2.55. The molecular weight excluding hydrogens is 282 g/mol. The van der Waals surface area contributed by atoms with Gasteiger partial charge in [-0.05, 0) is 50.8 Å². The van der Waals surface area contributed by atoms with E-state index in [1.807, 2.05) is 12.1 Å². The molecule has 0 saturated heterocycles. The molecule has 2 nitrogen and oxygen atoms in total. The normalized spacial score (nSPS) is 28.5. The molecule has 2 saturated carbocycles. The number of hydrogen-bond acceptors (Lipinski definition) is 2. The summed E-state index contributed by atoms with van der Waals surface area (Å²) >= 11 is 6.11. The van der Waals surface area contributed by atoms with Crippen LogP contribution in [0.15, 0.2) is 24.3 Å². The van der Waals surface area contributed by atoms with Gasteiger partial charge in [-0.3, -0.25) is 0 Å². The molecule has 0 aromatic heterocycles. The van der Waals surface area contributed by atoms with Gasteiger partial charge in [0, 0.05) is 29.1 Å². The van der Waals surface area contributed by atoms with Crippen LogP contribution in [0.25, 0.3) is 0 Å². The van der Waals surface area contributed by atoms with E-state index in [0.717, 1.165) is 18.1 Å². The Balaban J connectivity index is 1.67. The zero-order valence-electron chi connectivity index (χ0n) is 13.1. The topological polar surface area (TPSA) is 21.3 Å². The van der Waals surface area contributed by atoms with Crippen molar-refractivity contribution in [2.24, 2.45) is 5.41 Å². The Morgan fingerprint density at radius 2 is 2.14 bits per heavy atom. The van der Waals surface area contributed by atoms with Gasteiger partial charge in [-0.15, -0.1) is 0 Å². The van der Waals surface area contributed by atoms with Crippen molar-refractivity contribution in [1.82, 2.24) is 5.32 Å². The first kappa shape index (κ1) is 15.3. The first-order valence-corrected chi connectivity index (χ1v) is 8.66. The van der Waals surface area contributed by atoms with Crippen molar-refractivity contribution in [3.05, 3.63) is 34.9 Å². The minimum absolute atomic E-state index is 0.341. The van der Waals surface area contributed by atoms with Crippen LogP contribution in [0.4, 0.5) is 0 Å². The summed E-state index contributed by atoms with van der Waals surface area (Å²) in [6.07, 6.45) is 6.96. The molecule has 1 aromatic carbocycles. The highest BCUT2D eigenvalue weighted by Crippen LogP contribution is 2.55. The number of hydrogen-bond donors (Lipinski definition) is 1. The van der Waals surface area contributed by atoms with E-state index < -0.39 is 0 Å². The van der Waals surface area contributed by atoms with Crippen LogP contribution in [0.3, 0.4) is 0 Å². The van der Waals surface area contributed by atoms with Crippen molar-refractivity contribution in [2.75, 3.05) is 6.61 Å². The standard InChI is InChI=1S/C18H26ClNO/c1-3-21-17-12-16(18(17)9-4-5-10-18)20-13(2)14-7-6-8-15(19)11-14/h6-8,11,13,16-17,20H,3-5,9-10,12H2,1-2H3/t13-,16?,17?/m1/s1. The number of ether oxygens (including phenoxy) is 1. The second kappa shape index (κ2) is 6.28. The zero-order valence-corrected chi connectivity index (χ0v) is 13.8. The highest BCUT2D eigenvalue weighted by molar-refractivity contribution is 6.30. The summed E-state index contributed by atoms with van der Waals surface area (Å²) in [7, 11) is 0. The molecule has 0 heterocycles. The fourth-order valence-electron chi connectivity index (χ4n) is 4.29. The molecule has 0 amide bonds. The number of rotatable bonds is 5. The van der Waals surface area contributed by atoms with Crippen molar-refractivity contribution in [3.63, 3.8) is 0 Å². The fourth-order valence-corrected chi connectivity index (χ4v) is 4.49. The maximum Gasteiger partial charge on any atom is 0.0661 e. The van der Waals surface area contributed by atoms with Gasteiger partial charge in [0.05, 0.1) is 6.10 Å². The molecule has 2 aliphatic carbocycles. The Hall–Kier alpha value is -0.570. The average molecular weight is 308 g/mol. The smallest absolute Gasteiger partial charge is 0.0661 e. The Kier molecular flexibility index (Phi) is 4.58. The van der Waals surface area contributed by atoms with E-state index >= 15 is 0 Å². The van der Waals surface area contributed by atoms with Gasteiger partial charge in [0.2, 0.25) is 0 Å². The Bertz CT molecular complexity index is 484. The van der Waals surface area contributed by atoms with E-state index in [0.29, 0.717) is 23.6 Å². The van der Waals surface area contributed by atoms with Crippen LogP contribution >= 0.6 is 11.6 Å². The lowest BCUT2D eigenvalue weighted by Crippen LogP contribution is -2.63. The molecule has 3 heteroatoms. The highest BCUT2D eigenvalue weighted by atomic mass is 35.5. The van der Waals surface area contributed by atoms with E-state index in [9.17, 15) is 0 Å². The maximum absolute atomic E-state index is 6.11. The SMILES string of the molecule is CCOC1CC(N[C@H](C)c2cccc(Cl)c2)C12CCCC2. The van der Waals surface area contributed by atoms with Gasteiger partial charge in [-0.2, -0.15) is 0 Å². The predicted molar refractivity (Wildman–Crippen MR) is 87.7 cm³/mol. The summed E-state index contributed by atoms with van der Waals surface area (Å²) in [6, 6.07) is 9.12. The quantitative estimate of drug-likeness (QED) is 0.849. The Morgan fingerprint density at radius 3 is 2.81 bits per heavy atom. The summed E-state index contributed by atoms with van der Waals surface area (Å²) in [5.41, 5.74) is 1.67. The molecule has 1 aromatic rings. The van der Waals surface area contributed by atoms with Gasteiger partial charge in [0.25, 0.3) is 0 Å². The predicted octanol–water partition coefficient (Wildman–Crippen LogP) is 4.73. The van der Waals surface area contributed by atoms with Crippen LogP contribution in [-0.4, -0.2) is 18.8 Å². The van der Waals surface area contributed by atoms with Crippen LogP contribution in [0.5, 0.6) is 0 Å². The van der Waals surface area contributed by atoms with Crippen molar-refractivity contribution in [1.29, 1.82) is 0 Å². The number of benzene rings is 1. The molecule has 0 bridgehead atoms. The fraction of sp³-hybridized carbons (Fsp3) is 0.667. The maximum atomic E-state index is 6.11. The zero-order chi connectivity index (χ0) is 14.9. The minimum Gasteiger partial charge on any atom is -0.378 e. The molecule has 3 atom stereocenters. The second-order valence-corrected chi connectivity index (χ2v) is 7.05. The van der Waals surface area contributed by atoms with E-state index in [1.165, 1.54) is 31.2 Å². The van der Waals surface area contributed by atoms with Crippen LogP contribution in [0, 0.1) is 5.41 Å². The third-order valence-corrected chi connectivity index (χ3v) is 5.72. The van der Waals surface area contributed by atoms with Crippen molar-refractivity contribution in [3.8, 4) is 0 Å². The molecule has 2 unspecified atom stereocenters. The molecule has 0 aliphatic heterocycles. The third kappa shape index (κ3) is 2.86. The van der Waals surface area contributed by atoms with Gasteiger partial charge in [-0.25, -0.2) is 0 Å². The van der Waals surface area contributed by atoms with Crippen LogP contribution in [0.2, 0.25) is 5.02 Å².